The van der Waals surface area contributed by atoms with Crippen LogP contribution in [0.4, 0.5) is 8.78 Å². The molecule has 0 bridgehead atoms. The highest BCUT2D eigenvalue weighted by atomic mass is 79.9. The Labute approximate surface area is 130 Å². The van der Waals surface area contributed by atoms with Crippen molar-refractivity contribution in [1.29, 1.82) is 0 Å². The molecule has 6 heteroatoms. The van der Waals surface area contributed by atoms with Crippen LogP contribution in [-0.2, 0) is 26.0 Å². The summed E-state index contributed by atoms with van der Waals surface area (Å²) < 4.78 is 29.8. The minimum atomic E-state index is -0.615. The van der Waals surface area contributed by atoms with Gasteiger partial charge >= 0.3 is 0 Å². The van der Waals surface area contributed by atoms with Gasteiger partial charge in [-0.3, -0.25) is 4.68 Å². The van der Waals surface area contributed by atoms with Crippen molar-refractivity contribution in [3.05, 3.63) is 50.8 Å². The molecule has 2 rings (SSSR count). The molecule has 1 aromatic carbocycles. The van der Waals surface area contributed by atoms with Crippen molar-refractivity contribution in [3.8, 4) is 0 Å². The van der Waals surface area contributed by atoms with Crippen LogP contribution in [0.25, 0.3) is 0 Å². The molecule has 0 unspecified atom stereocenters. The normalized spacial score (nSPS) is 11.1. The number of hydrogen-bond acceptors (Lipinski definition) is 2. The summed E-state index contributed by atoms with van der Waals surface area (Å²) in [6.45, 7) is 3.76. The van der Waals surface area contributed by atoms with Crippen molar-refractivity contribution in [2.75, 3.05) is 0 Å². The van der Waals surface area contributed by atoms with E-state index >= 15 is 0 Å². The molecule has 0 radical (unpaired) electrons. The highest BCUT2D eigenvalue weighted by Crippen LogP contribution is 2.24. The summed E-state index contributed by atoms with van der Waals surface area (Å²) in [6.07, 6.45) is 1.31. The Morgan fingerprint density at radius 3 is 2.48 bits per heavy atom. The lowest BCUT2D eigenvalue weighted by Gasteiger charge is -2.10. The van der Waals surface area contributed by atoms with E-state index in [9.17, 15) is 13.9 Å². The first kappa shape index (κ1) is 16.1. The van der Waals surface area contributed by atoms with E-state index in [0.29, 0.717) is 12.8 Å². The van der Waals surface area contributed by atoms with E-state index in [1.165, 1.54) is 12.1 Å². The predicted molar refractivity (Wildman–Crippen MR) is 80.1 cm³/mol. The molecule has 0 aliphatic carbocycles. The molecule has 3 nitrogen and oxygen atoms in total. The minimum absolute atomic E-state index is 0.00722. The van der Waals surface area contributed by atoms with Crippen molar-refractivity contribution in [1.82, 2.24) is 9.78 Å². The fourth-order valence-corrected chi connectivity index (χ4v) is 2.82. The molecule has 21 heavy (non-hydrogen) atoms. The maximum absolute atomic E-state index is 14.1. The third kappa shape index (κ3) is 3.01. The van der Waals surface area contributed by atoms with Gasteiger partial charge in [-0.25, -0.2) is 8.78 Å². The fraction of sp³-hybridized carbons (Fsp3) is 0.400. The van der Waals surface area contributed by atoms with E-state index in [-0.39, 0.29) is 23.2 Å². The van der Waals surface area contributed by atoms with E-state index in [1.54, 1.807) is 4.68 Å². The first-order valence-corrected chi connectivity index (χ1v) is 7.63. The number of aliphatic hydroxyl groups excluding tert-OH is 1. The van der Waals surface area contributed by atoms with E-state index in [2.05, 4.69) is 21.0 Å². The molecule has 1 aromatic heterocycles. The lowest BCUT2D eigenvalue weighted by atomic mass is 10.1. The van der Waals surface area contributed by atoms with Crippen LogP contribution in [0.5, 0.6) is 0 Å². The summed E-state index contributed by atoms with van der Waals surface area (Å²) in [5, 5.41) is 13.9. The molecule has 0 saturated heterocycles. The van der Waals surface area contributed by atoms with E-state index in [1.807, 2.05) is 13.8 Å². The first-order valence-electron chi connectivity index (χ1n) is 6.84. The maximum atomic E-state index is 14.1. The van der Waals surface area contributed by atoms with Gasteiger partial charge in [0.05, 0.1) is 23.3 Å². The van der Waals surface area contributed by atoms with Gasteiger partial charge in [-0.15, -0.1) is 0 Å². The molecule has 2 aromatic rings. The lowest BCUT2D eigenvalue weighted by molar-refractivity contribution is 0.279. The molecule has 0 spiro atoms. The zero-order valence-electron chi connectivity index (χ0n) is 12.0. The average molecular weight is 359 g/mol. The van der Waals surface area contributed by atoms with Crippen LogP contribution >= 0.6 is 15.9 Å². The number of aromatic nitrogens is 2. The van der Waals surface area contributed by atoms with E-state index in [4.69, 9.17) is 0 Å². The van der Waals surface area contributed by atoms with Crippen molar-refractivity contribution < 1.29 is 13.9 Å². The Bertz CT molecular complexity index is 656. The predicted octanol–water partition coefficient (Wildman–Crippen LogP) is 3.59. The van der Waals surface area contributed by atoms with Gasteiger partial charge in [0.2, 0.25) is 0 Å². The molecular weight excluding hydrogens is 342 g/mol. The highest BCUT2D eigenvalue weighted by molar-refractivity contribution is 9.10. The lowest BCUT2D eigenvalue weighted by Crippen LogP contribution is -2.10. The van der Waals surface area contributed by atoms with Gasteiger partial charge in [0.25, 0.3) is 0 Å². The third-order valence-electron chi connectivity index (χ3n) is 3.52. The number of aliphatic hydroxyl groups is 1. The van der Waals surface area contributed by atoms with E-state index < -0.39 is 11.6 Å². The number of aryl methyl sites for hydroxylation is 1. The molecule has 0 atom stereocenters. The van der Waals surface area contributed by atoms with Gasteiger partial charge in [-0.05, 0) is 40.9 Å². The molecule has 0 aliphatic heterocycles. The van der Waals surface area contributed by atoms with Gasteiger partial charge in [0.1, 0.15) is 11.6 Å². The van der Waals surface area contributed by atoms with Gasteiger partial charge in [-0.2, -0.15) is 5.10 Å². The van der Waals surface area contributed by atoms with Crippen molar-refractivity contribution in [2.24, 2.45) is 0 Å². The monoisotopic (exact) mass is 358 g/mol. The van der Waals surface area contributed by atoms with Gasteiger partial charge in [0, 0.05) is 16.8 Å². The smallest absolute Gasteiger partial charge is 0.145 e. The van der Waals surface area contributed by atoms with Crippen LogP contribution in [-0.4, -0.2) is 14.9 Å². The molecule has 0 fully saturated rings. The Morgan fingerprint density at radius 2 is 1.90 bits per heavy atom. The van der Waals surface area contributed by atoms with Gasteiger partial charge < -0.3 is 5.11 Å². The standard InChI is InChI=1S/C15H17BrF2N2O/c1-3-13-10(8-21)14(4-2)20(19-13)7-9-12(17)6-5-11(16)15(9)18/h5-6,21H,3-4,7-8H2,1-2H3. The number of halogens is 3. The number of nitrogens with zero attached hydrogens (tertiary/aromatic N) is 2. The average Bonchev–Trinajstić information content (AvgIpc) is 2.84. The molecular formula is C15H17BrF2N2O. The number of benzene rings is 1. The van der Waals surface area contributed by atoms with Crippen molar-refractivity contribution in [2.45, 2.75) is 39.8 Å². The second-order valence-corrected chi connectivity index (χ2v) is 5.57. The largest absolute Gasteiger partial charge is 0.392 e. The summed E-state index contributed by atoms with van der Waals surface area (Å²) in [4.78, 5) is 0. The Hall–Kier alpha value is -1.27. The zero-order valence-corrected chi connectivity index (χ0v) is 13.5. The molecule has 1 heterocycles. The second kappa shape index (κ2) is 6.66. The summed E-state index contributed by atoms with van der Waals surface area (Å²) in [5.41, 5.74) is 2.31. The zero-order chi connectivity index (χ0) is 15.6. The van der Waals surface area contributed by atoms with Crippen LogP contribution in [0, 0.1) is 11.6 Å². The first-order chi connectivity index (χ1) is 10.0. The van der Waals surface area contributed by atoms with Crippen molar-refractivity contribution in [3.63, 3.8) is 0 Å². The van der Waals surface area contributed by atoms with Crippen LogP contribution in [0.15, 0.2) is 16.6 Å². The van der Waals surface area contributed by atoms with Crippen molar-refractivity contribution >= 4 is 15.9 Å². The van der Waals surface area contributed by atoms with Gasteiger partial charge in [-0.1, -0.05) is 13.8 Å². The van der Waals surface area contributed by atoms with Crippen LogP contribution in [0.2, 0.25) is 0 Å². The molecule has 0 saturated carbocycles. The third-order valence-corrected chi connectivity index (χ3v) is 4.14. The van der Waals surface area contributed by atoms with Gasteiger partial charge in [0.15, 0.2) is 0 Å². The molecule has 0 aliphatic rings. The van der Waals surface area contributed by atoms with E-state index in [0.717, 1.165) is 17.0 Å². The fourth-order valence-electron chi connectivity index (χ4n) is 2.45. The highest BCUT2D eigenvalue weighted by Gasteiger charge is 2.18. The van der Waals surface area contributed by atoms with Crippen LogP contribution in [0.1, 0.15) is 36.4 Å². The summed E-state index contributed by atoms with van der Waals surface area (Å²) in [6, 6.07) is 2.57. The quantitative estimate of drug-likeness (QED) is 0.829. The summed E-state index contributed by atoms with van der Waals surface area (Å²) in [5.74, 6) is -1.21. The molecule has 0 amide bonds. The number of hydrogen-bond donors (Lipinski definition) is 1. The Kier molecular flexibility index (Phi) is 5.11. The molecule has 114 valence electrons. The SMILES string of the molecule is CCc1nn(Cc2c(F)ccc(Br)c2F)c(CC)c1CO. The van der Waals surface area contributed by atoms with Crippen LogP contribution < -0.4 is 0 Å². The van der Waals surface area contributed by atoms with Crippen LogP contribution in [0.3, 0.4) is 0 Å². The number of rotatable bonds is 5. The Balaban J connectivity index is 2.50. The topological polar surface area (TPSA) is 38.0 Å². The Morgan fingerprint density at radius 1 is 1.19 bits per heavy atom. The summed E-state index contributed by atoms with van der Waals surface area (Å²) in [7, 11) is 0. The summed E-state index contributed by atoms with van der Waals surface area (Å²) >= 11 is 3.06. The minimum Gasteiger partial charge on any atom is -0.392 e. The maximum Gasteiger partial charge on any atom is 0.145 e. The molecule has 1 N–H and O–H groups in total. The second-order valence-electron chi connectivity index (χ2n) is 4.72.